The Hall–Kier alpha value is -0.610. The normalized spacial score (nSPS) is 10.5. The summed E-state index contributed by atoms with van der Waals surface area (Å²) < 4.78 is 0. The van der Waals surface area contributed by atoms with Crippen LogP contribution in [0.25, 0.3) is 0 Å². The molecule has 0 aliphatic carbocycles. The second kappa shape index (κ2) is 8.01. The van der Waals surface area contributed by atoms with E-state index in [1.165, 1.54) is 0 Å². The highest BCUT2D eigenvalue weighted by molar-refractivity contribution is 5.75. The average Bonchev–Trinajstić information content (AvgIpc) is 2.16. The summed E-state index contributed by atoms with van der Waals surface area (Å²) in [6.45, 7) is 5.93. The van der Waals surface area contributed by atoms with E-state index >= 15 is 0 Å². The van der Waals surface area contributed by atoms with Crippen LogP contribution in [0.15, 0.2) is 0 Å². The molecule has 0 saturated heterocycles. The van der Waals surface area contributed by atoms with Crippen molar-refractivity contribution < 1.29 is 4.79 Å². The van der Waals surface area contributed by atoms with E-state index in [0.717, 1.165) is 26.2 Å². The molecule has 0 atom stereocenters. The minimum absolute atomic E-state index is 0.0938. The van der Waals surface area contributed by atoms with Crippen molar-refractivity contribution in [2.24, 2.45) is 0 Å². The molecule has 0 aromatic rings. The lowest BCUT2D eigenvalue weighted by Gasteiger charge is -2.13. The van der Waals surface area contributed by atoms with Crippen LogP contribution in [0.3, 0.4) is 0 Å². The fraction of sp³-hybridized carbons (Fsp3) is 0.889. The summed E-state index contributed by atoms with van der Waals surface area (Å²) in [6, 6.07) is 0. The zero-order chi connectivity index (χ0) is 10.1. The Balaban J connectivity index is 3.12. The number of amides is 1. The highest BCUT2D eigenvalue weighted by Crippen LogP contribution is 1.79. The maximum Gasteiger partial charge on any atom is 0.221 e. The number of carbonyl (C=O) groups excluding carboxylic acids is 1. The lowest BCUT2D eigenvalue weighted by atomic mass is 10.4. The fourth-order valence-corrected chi connectivity index (χ4v) is 0.880. The second-order valence-electron chi connectivity index (χ2n) is 3.07. The summed E-state index contributed by atoms with van der Waals surface area (Å²) in [6.07, 6.45) is 0.562. The number of likely N-dealkylation sites (N-methyl/N-ethyl adjacent to an activating group) is 1. The first-order chi connectivity index (χ1) is 6.20. The molecule has 0 aromatic carbocycles. The predicted octanol–water partition coefficient (Wildman–Crippen LogP) is -0.336. The molecule has 2 N–H and O–H groups in total. The van der Waals surface area contributed by atoms with E-state index < -0.39 is 0 Å². The minimum Gasteiger partial charge on any atom is -0.359 e. The molecule has 0 saturated carbocycles. The van der Waals surface area contributed by atoms with Crippen LogP contribution in [-0.4, -0.2) is 51.1 Å². The van der Waals surface area contributed by atoms with Gasteiger partial charge in [-0.25, -0.2) is 0 Å². The third-order valence-electron chi connectivity index (χ3n) is 2.02. The van der Waals surface area contributed by atoms with Crippen molar-refractivity contribution >= 4 is 5.91 Å². The maximum atomic E-state index is 10.8. The Labute approximate surface area is 80.7 Å². The lowest BCUT2D eigenvalue weighted by molar-refractivity contribution is -0.120. The molecule has 0 fully saturated rings. The average molecular weight is 187 g/mol. The molecular formula is C9H21N3O. The van der Waals surface area contributed by atoms with Crippen LogP contribution in [0.2, 0.25) is 0 Å². The Morgan fingerprint density at radius 3 is 2.62 bits per heavy atom. The molecule has 78 valence electrons. The van der Waals surface area contributed by atoms with Crippen LogP contribution in [0, 0.1) is 0 Å². The van der Waals surface area contributed by atoms with Crippen molar-refractivity contribution in [3.8, 4) is 0 Å². The Morgan fingerprint density at radius 1 is 1.38 bits per heavy atom. The van der Waals surface area contributed by atoms with Gasteiger partial charge in [0.25, 0.3) is 0 Å². The topological polar surface area (TPSA) is 44.4 Å². The zero-order valence-electron chi connectivity index (χ0n) is 8.89. The molecule has 0 aromatic heterocycles. The van der Waals surface area contributed by atoms with Gasteiger partial charge in [-0.3, -0.25) is 4.79 Å². The van der Waals surface area contributed by atoms with Crippen LogP contribution in [0.5, 0.6) is 0 Å². The molecular weight excluding hydrogens is 166 g/mol. The van der Waals surface area contributed by atoms with Crippen molar-refractivity contribution in [1.82, 2.24) is 15.5 Å². The van der Waals surface area contributed by atoms with Gasteiger partial charge in [0.15, 0.2) is 0 Å². The molecule has 1 amide bonds. The third kappa shape index (κ3) is 7.74. The maximum absolute atomic E-state index is 10.8. The molecule has 4 heteroatoms. The zero-order valence-corrected chi connectivity index (χ0v) is 8.89. The Morgan fingerprint density at radius 2 is 2.08 bits per heavy atom. The molecule has 0 aliphatic rings. The van der Waals surface area contributed by atoms with E-state index in [1.807, 2.05) is 0 Å². The van der Waals surface area contributed by atoms with E-state index in [-0.39, 0.29) is 5.91 Å². The van der Waals surface area contributed by atoms with Gasteiger partial charge in [0, 0.05) is 33.1 Å². The summed E-state index contributed by atoms with van der Waals surface area (Å²) in [7, 11) is 3.74. The quantitative estimate of drug-likeness (QED) is 0.536. The third-order valence-corrected chi connectivity index (χ3v) is 2.02. The standard InChI is InChI=1S/C9H21N3O/c1-4-12(3)8-7-11-6-5-9(13)10-2/h11H,4-8H2,1-3H3,(H,10,13). The molecule has 0 heterocycles. The number of rotatable bonds is 7. The monoisotopic (exact) mass is 187 g/mol. The fourth-order valence-electron chi connectivity index (χ4n) is 0.880. The first-order valence-electron chi connectivity index (χ1n) is 4.80. The highest BCUT2D eigenvalue weighted by atomic mass is 16.1. The molecule has 0 radical (unpaired) electrons. The second-order valence-corrected chi connectivity index (χ2v) is 3.07. The number of hydrogen-bond donors (Lipinski definition) is 2. The van der Waals surface area contributed by atoms with Crippen molar-refractivity contribution in [3.05, 3.63) is 0 Å². The van der Waals surface area contributed by atoms with Gasteiger partial charge >= 0.3 is 0 Å². The SMILES string of the molecule is CCN(C)CCNCCC(=O)NC. The van der Waals surface area contributed by atoms with Crippen molar-refractivity contribution in [1.29, 1.82) is 0 Å². The van der Waals surface area contributed by atoms with E-state index in [0.29, 0.717) is 6.42 Å². The molecule has 13 heavy (non-hydrogen) atoms. The van der Waals surface area contributed by atoms with Crippen LogP contribution in [0.4, 0.5) is 0 Å². The lowest BCUT2D eigenvalue weighted by Crippen LogP contribution is -2.31. The van der Waals surface area contributed by atoms with Crippen LogP contribution >= 0.6 is 0 Å². The molecule has 0 bridgehead atoms. The molecule has 4 nitrogen and oxygen atoms in total. The van der Waals surface area contributed by atoms with Crippen LogP contribution < -0.4 is 10.6 Å². The van der Waals surface area contributed by atoms with Gasteiger partial charge in [0.2, 0.25) is 5.91 Å². The van der Waals surface area contributed by atoms with Gasteiger partial charge in [-0.1, -0.05) is 6.92 Å². The minimum atomic E-state index is 0.0938. The Kier molecular flexibility index (Phi) is 7.63. The first-order valence-corrected chi connectivity index (χ1v) is 4.80. The Bertz CT molecular complexity index is 139. The summed E-state index contributed by atoms with van der Waals surface area (Å²) in [5, 5.41) is 5.80. The van der Waals surface area contributed by atoms with E-state index in [1.54, 1.807) is 7.05 Å². The largest absolute Gasteiger partial charge is 0.359 e. The van der Waals surface area contributed by atoms with Crippen molar-refractivity contribution in [2.75, 3.05) is 40.3 Å². The molecule has 0 aliphatic heterocycles. The van der Waals surface area contributed by atoms with Gasteiger partial charge in [-0.05, 0) is 13.6 Å². The van der Waals surface area contributed by atoms with Crippen molar-refractivity contribution in [3.63, 3.8) is 0 Å². The van der Waals surface area contributed by atoms with Gasteiger partial charge < -0.3 is 15.5 Å². The van der Waals surface area contributed by atoms with E-state index in [9.17, 15) is 4.79 Å². The molecule has 0 unspecified atom stereocenters. The van der Waals surface area contributed by atoms with Gasteiger partial charge in [0.1, 0.15) is 0 Å². The molecule has 0 spiro atoms. The number of carbonyl (C=O) groups is 1. The predicted molar refractivity (Wildman–Crippen MR) is 54.7 cm³/mol. The van der Waals surface area contributed by atoms with Gasteiger partial charge in [-0.2, -0.15) is 0 Å². The van der Waals surface area contributed by atoms with Gasteiger partial charge in [0.05, 0.1) is 0 Å². The number of nitrogens with zero attached hydrogens (tertiary/aromatic N) is 1. The number of hydrogen-bond acceptors (Lipinski definition) is 3. The first kappa shape index (κ1) is 12.4. The summed E-state index contributed by atoms with van der Waals surface area (Å²) in [4.78, 5) is 13.0. The smallest absolute Gasteiger partial charge is 0.221 e. The highest BCUT2D eigenvalue weighted by Gasteiger charge is 1.97. The summed E-state index contributed by atoms with van der Waals surface area (Å²) >= 11 is 0. The van der Waals surface area contributed by atoms with E-state index in [4.69, 9.17) is 0 Å². The van der Waals surface area contributed by atoms with Crippen LogP contribution in [-0.2, 0) is 4.79 Å². The van der Waals surface area contributed by atoms with Crippen molar-refractivity contribution in [2.45, 2.75) is 13.3 Å². The van der Waals surface area contributed by atoms with Gasteiger partial charge in [-0.15, -0.1) is 0 Å². The summed E-state index contributed by atoms with van der Waals surface area (Å²) in [5.74, 6) is 0.0938. The van der Waals surface area contributed by atoms with E-state index in [2.05, 4.69) is 29.5 Å². The number of nitrogens with one attached hydrogen (secondary N) is 2. The van der Waals surface area contributed by atoms with Crippen LogP contribution in [0.1, 0.15) is 13.3 Å². The molecule has 0 rings (SSSR count). The summed E-state index contributed by atoms with van der Waals surface area (Å²) in [5.41, 5.74) is 0.